The Morgan fingerprint density at radius 1 is 1.19 bits per heavy atom. The van der Waals surface area contributed by atoms with Crippen LogP contribution < -0.4 is 10.1 Å². The molecule has 2 aromatic rings. The van der Waals surface area contributed by atoms with Crippen molar-refractivity contribution in [2.45, 2.75) is 39.2 Å². The fourth-order valence-corrected chi connectivity index (χ4v) is 4.05. The number of hydrogen-bond donors (Lipinski definition) is 1. The summed E-state index contributed by atoms with van der Waals surface area (Å²) in [5.41, 5.74) is 2.90. The number of nitrogens with one attached hydrogen (secondary N) is 1. The van der Waals surface area contributed by atoms with E-state index in [1.807, 2.05) is 47.6 Å². The average Bonchev–Trinajstić information content (AvgIpc) is 3.02. The highest BCUT2D eigenvalue weighted by atomic mass is 16.5. The summed E-state index contributed by atoms with van der Waals surface area (Å²) in [6, 6.07) is 9.20. The lowest BCUT2D eigenvalue weighted by Crippen LogP contribution is -2.48. The molecule has 1 atom stereocenters. The van der Waals surface area contributed by atoms with Crippen molar-refractivity contribution in [2.24, 2.45) is 0 Å². The number of carbonyl (C=O) groups excluding carboxylic acids is 2. The lowest BCUT2D eigenvalue weighted by Gasteiger charge is -2.33. The van der Waals surface area contributed by atoms with Crippen LogP contribution in [-0.2, 0) is 14.3 Å². The van der Waals surface area contributed by atoms with E-state index in [1.54, 1.807) is 7.11 Å². The second-order valence-corrected chi connectivity index (χ2v) is 7.63. The number of rotatable bonds is 6. The zero-order chi connectivity index (χ0) is 22.5. The number of nitrogens with zero attached hydrogens (tertiary/aromatic N) is 3. The first-order valence-corrected chi connectivity index (χ1v) is 10.3. The Kier molecular flexibility index (Phi) is 6.98. The fourth-order valence-electron chi connectivity index (χ4n) is 4.05. The molecule has 2 heterocycles. The van der Waals surface area contributed by atoms with Gasteiger partial charge in [0, 0.05) is 11.4 Å². The molecule has 1 aliphatic heterocycles. The van der Waals surface area contributed by atoms with Gasteiger partial charge in [0.05, 0.1) is 26.3 Å². The summed E-state index contributed by atoms with van der Waals surface area (Å²) in [4.78, 5) is 26.9. The number of carbonyl (C=O) groups is 2. The molecular weight excluding hydrogens is 396 g/mol. The van der Waals surface area contributed by atoms with E-state index >= 15 is 0 Å². The lowest BCUT2D eigenvalue weighted by atomic mass is 10.0. The Morgan fingerprint density at radius 2 is 1.90 bits per heavy atom. The predicted molar refractivity (Wildman–Crippen MR) is 116 cm³/mol. The van der Waals surface area contributed by atoms with Crippen molar-refractivity contribution in [1.82, 2.24) is 9.47 Å². The molecule has 0 bridgehead atoms. The number of hydrogen-bond acceptors (Lipinski definition) is 6. The highest BCUT2D eigenvalue weighted by molar-refractivity contribution is 5.94. The lowest BCUT2D eigenvalue weighted by molar-refractivity contribution is -0.148. The molecule has 1 aliphatic rings. The van der Waals surface area contributed by atoms with Crippen LogP contribution in [0.25, 0.3) is 5.69 Å². The first kappa shape index (κ1) is 22.4. The van der Waals surface area contributed by atoms with Crippen LogP contribution in [0.4, 0.5) is 5.82 Å². The molecular formula is C23H28N4O4. The zero-order valence-corrected chi connectivity index (χ0v) is 18.4. The molecule has 1 saturated heterocycles. The maximum Gasteiger partial charge on any atom is 0.323 e. The Labute approximate surface area is 182 Å². The molecule has 1 fully saturated rings. The van der Waals surface area contributed by atoms with Crippen LogP contribution in [0.5, 0.6) is 5.75 Å². The zero-order valence-electron chi connectivity index (χ0n) is 18.4. The van der Waals surface area contributed by atoms with Gasteiger partial charge in [-0.1, -0.05) is 6.42 Å². The maximum atomic E-state index is 13.0. The van der Waals surface area contributed by atoms with Gasteiger partial charge in [0.2, 0.25) is 5.91 Å². The second kappa shape index (κ2) is 9.67. The number of anilines is 1. The average molecular weight is 425 g/mol. The first-order valence-electron chi connectivity index (χ1n) is 10.3. The smallest absolute Gasteiger partial charge is 0.323 e. The van der Waals surface area contributed by atoms with Crippen LogP contribution in [0.3, 0.4) is 0 Å². The summed E-state index contributed by atoms with van der Waals surface area (Å²) in [5.74, 6) is 0.549. The molecule has 0 spiro atoms. The molecule has 1 aromatic carbocycles. The second-order valence-electron chi connectivity index (χ2n) is 7.63. The molecule has 3 rings (SSSR count). The van der Waals surface area contributed by atoms with Gasteiger partial charge >= 0.3 is 5.97 Å². The quantitative estimate of drug-likeness (QED) is 0.716. The van der Waals surface area contributed by atoms with Gasteiger partial charge in [-0.15, -0.1) is 0 Å². The normalized spacial score (nSPS) is 16.4. The van der Waals surface area contributed by atoms with Crippen molar-refractivity contribution in [3.05, 3.63) is 41.1 Å². The summed E-state index contributed by atoms with van der Waals surface area (Å²) >= 11 is 0. The van der Waals surface area contributed by atoms with Crippen molar-refractivity contribution in [3.63, 3.8) is 0 Å². The summed E-state index contributed by atoms with van der Waals surface area (Å²) in [6.45, 7) is 4.47. The summed E-state index contributed by atoms with van der Waals surface area (Å²) in [6.07, 6.45) is 2.52. The van der Waals surface area contributed by atoms with Gasteiger partial charge in [0.25, 0.3) is 0 Å². The number of methoxy groups -OCH3 is 2. The summed E-state index contributed by atoms with van der Waals surface area (Å²) in [5, 5.41) is 12.7. The fraction of sp³-hybridized carbons (Fsp3) is 0.435. The van der Waals surface area contributed by atoms with Gasteiger partial charge in [-0.25, -0.2) is 0 Å². The molecule has 31 heavy (non-hydrogen) atoms. The number of amides is 1. The van der Waals surface area contributed by atoms with E-state index in [0.29, 0.717) is 24.3 Å². The van der Waals surface area contributed by atoms with E-state index in [1.165, 1.54) is 7.11 Å². The predicted octanol–water partition coefficient (Wildman–Crippen LogP) is 2.94. The highest BCUT2D eigenvalue weighted by Gasteiger charge is 2.31. The van der Waals surface area contributed by atoms with Crippen molar-refractivity contribution in [3.8, 4) is 17.5 Å². The monoisotopic (exact) mass is 424 g/mol. The van der Waals surface area contributed by atoms with Crippen molar-refractivity contribution >= 4 is 17.7 Å². The van der Waals surface area contributed by atoms with Crippen LogP contribution in [0.1, 0.15) is 36.1 Å². The number of ether oxygens (including phenoxy) is 2. The minimum Gasteiger partial charge on any atom is -0.497 e. The van der Waals surface area contributed by atoms with Crippen LogP contribution >= 0.6 is 0 Å². The third-order valence-electron chi connectivity index (χ3n) is 5.85. The molecule has 1 amide bonds. The van der Waals surface area contributed by atoms with E-state index in [0.717, 1.165) is 35.5 Å². The number of esters is 1. The van der Waals surface area contributed by atoms with E-state index in [2.05, 4.69) is 11.4 Å². The van der Waals surface area contributed by atoms with Crippen LogP contribution in [0, 0.1) is 25.2 Å². The largest absolute Gasteiger partial charge is 0.497 e. The van der Waals surface area contributed by atoms with Gasteiger partial charge in [-0.05, 0) is 63.1 Å². The Morgan fingerprint density at radius 3 is 2.52 bits per heavy atom. The van der Waals surface area contributed by atoms with E-state index in [4.69, 9.17) is 9.47 Å². The van der Waals surface area contributed by atoms with Crippen LogP contribution in [-0.4, -0.2) is 54.7 Å². The number of likely N-dealkylation sites (tertiary alicyclic amines) is 1. The van der Waals surface area contributed by atoms with Crippen LogP contribution in [0.2, 0.25) is 0 Å². The van der Waals surface area contributed by atoms with Crippen molar-refractivity contribution in [2.75, 3.05) is 32.6 Å². The standard InChI is InChI=1S/C23H28N4O4/c1-15-16(2)27(17-8-10-18(30-3)11-9-17)22(19(15)13-24)25-21(28)14-26-12-6-5-7-20(26)23(29)31-4/h8-11,20H,5-7,12,14H2,1-4H3,(H,25,28)/t20-/m0/s1. The van der Waals surface area contributed by atoms with E-state index in [-0.39, 0.29) is 18.4 Å². The summed E-state index contributed by atoms with van der Waals surface area (Å²) < 4.78 is 12.0. The molecule has 1 N–H and O–H groups in total. The van der Waals surface area contributed by atoms with Gasteiger partial charge < -0.3 is 14.8 Å². The Hall–Kier alpha value is -3.31. The molecule has 8 heteroatoms. The van der Waals surface area contributed by atoms with E-state index < -0.39 is 6.04 Å². The van der Waals surface area contributed by atoms with Gasteiger partial charge in [-0.2, -0.15) is 5.26 Å². The third-order valence-corrected chi connectivity index (χ3v) is 5.85. The third kappa shape index (κ3) is 4.57. The molecule has 0 saturated carbocycles. The Bertz CT molecular complexity index is 1000. The molecule has 0 aliphatic carbocycles. The maximum absolute atomic E-state index is 13.0. The van der Waals surface area contributed by atoms with Gasteiger partial charge in [0.1, 0.15) is 23.7 Å². The topological polar surface area (TPSA) is 96.6 Å². The Balaban J connectivity index is 1.89. The van der Waals surface area contributed by atoms with Gasteiger partial charge in [-0.3, -0.25) is 19.1 Å². The SMILES string of the molecule is COC(=O)[C@@H]1CCCCN1CC(=O)Nc1c(C#N)c(C)c(C)n1-c1ccc(OC)cc1. The molecule has 0 unspecified atom stereocenters. The number of nitriles is 1. The number of piperidine rings is 1. The molecule has 164 valence electrons. The van der Waals surface area contributed by atoms with Crippen molar-refractivity contribution in [1.29, 1.82) is 5.26 Å². The van der Waals surface area contributed by atoms with Gasteiger partial charge in [0.15, 0.2) is 0 Å². The summed E-state index contributed by atoms with van der Waals surface area (Å²) in [7, 11) is 2.96. The minimum atomic E-state index is -0.420. The van der Waals surface area contributed by atoms with Crippen LogP contribution in [0.15, 0.2) is 24.3 Å². The molecule has 1 aromatic heterocycles. The highest BCUT2D eigenvalue weighted by Crippen LogP contribution is 2.31. The van der Waals surface area contributed by atoms with E-state index in [9.17, 15) is 14.9 Å². The molecule has 0 radical (unpaired) electrons. The number of benzene rings is 1. The first-order chi connectivity index (χ1) is 14.9. The minimum absolute atomic E-state index is 0.0521. The molecule has 8 nitrogen and oxygen atoms in total. The number of aromatic nitrogens is 1. The van der Waals surface area contributed by atoms with Crippen molar-refractivity contribution < 1.29 is 19.1 Å².